The van der Waals surface area contributed by atoms with Gasteiger partial charge in [-0.15, -0.1) is 0 Å². The fraction of sp³-hybridized carbons (Fsp3) is 0.867. The van der Waals surface area contributed by atoms with Gasteiger partial charge in [-0.25, -0.2) is 0 Å². The molecule has 0 bridgehead atoms. The monoisotopic (exact) mass is 426 g/mol. The minimum atomic E-state index is -0.0815. The maximum Gasteiger partial charge on any atom is 0.0569 e. The van der Waals surface area contributed by atoms with Gasteiger partial charge in [-0.05, 0) is 110 Å². The third-order valence-electron chi connectivity index (χ3n) is 11.8. The molecule has 0 saturated heterocycles. The molecule has 2 saturated carbocycles. The molecule has 0 aromatic carbocycles. The second kappa shape index (κ2) is 8.03. The number of fused-ring (bicyclic) bond motifs is 4. The van der Waals surface area contributed by atoms with Gasteiger partial charge in [0.1, 0.15) is 0 Å². The Hall–Kier alpha value is -0.560. The molecule has 2 fully saturated rings. The molecule has 4 aliphatic rings. The third-order valence-corrected chi connectivity index (χ3v) is 11.8. The van der Waals surface area contributed by atoms with Crippen LogP contribution in [0.5, 0.6) is 0 Å². The lowest BCUT2D eigenvalue weighted by molar-refractivity contribution is -0.0413. The number of aliphatic hydroxyl groups is 1. The van der Waals surface area contributed by atoms with E-state index in [0.29, 0.717) is 34.0 Å². The van der Waals surface area contributed by atoms with E-state index in [-0.39, 0.29) is 6.10 Å². The number of allylic oxidation sites excluding steroid dienone is 3. The zero-order valence-electron chi connectivity index (χ0n) is 21.7. The number of aliphatic hydroxyl groups excluding tert-OH is 1. The first kappa shape index (κ1) is 23.6. The van der Waals surface area contributed by atoms with Crippen LogP contribution in [-0.2, 0) is 0 Å². The molecule has 4 aliphatic carbocycles. The van der Waals surface area contributed by atoms with Crippen LogP contribution >= 0.6 is 0 Å². The maximum absolute atomic E-state index is 10.6. The smallest absolute Gasteiger partial charge is 0.0569 e. The van der Waals surface area contributed by atoms with E-state index in [1.807, 2.05) is 11.1 Å². The first-order valence-corrected chi connectivity index (χ1v) is 13.5. The van der Waals surface area contributed by atoms with Crippen molar-refractivity contribution in [3.8, 4) is 0 Å². The average Bonchev–Trinajstić information content (AvgIpc) is 3.00. The molecule has 1 N–H and O–H groups in total. The summed E-state index contributed by atoms with van der Waals surface area (Å²) in [5.41, 5.74) is 6.35. The van der Waals surface area contributed by atoms with Crippen molar-refractivity contribution in [1.82, 2.24) is 0 Å². The standard InChI is InChI=1S/C30H50O/c1-19(2)20(3)9-10-21(4)23-13-17-30(8)26-12-11-24-22(5)27(31)15-16-28(24,6)25(26)14-18-29(23,30)7/h19,21-24,27,31H,3,9-18H2,1-2,4-8H3/t21-,22+,23-,24?,27+,28+,29-,30+/m1/s1. The van der Waals surface area contributed by atoms with E-state index in [1.54, 1.807) is 0 Å². The van der Waals surface area contributed by atoms with E-state index in [4.69, 9.17) is 0 Å². The van der Waals surface area contributed by atoms with Crippen molar-refractivity contribution in [2.45, 2.75) is 119 Å². The third kappa shape index (κ3) is 3.43. The van der Waals surface area contributed by atoms with Crippen LogP contribution in [-0.4, -0.2) is 11.2 Å². The maximum atomic E-state index is 10.6. The van der Waals surface area contributed by atoms with Gasteiger partial charge in [0.2, 0.25) is 0 Å². The first-order valence-electron chi connectivity index (χ1n) is 13.5. The number of hydrogen-bond acceptors (Lipinski definition) is 1. The highest BCUT2D eigenvalue weighted by molar-refractivity contribution is 5.38. The fourth-order valence-corrected chi connectivity index (χ4v) is 9.16. The van der Waals surface area contributed by atoms with Crippen molar-refractivity contribution in [1.29, 1.82) is 0 Å². The summed E-state index contributed by atoms with van der Waals surface area (Å²) in [6.07, 6.45) is 12.7. The minimum Gasteiger partial charge on any atom is -0.393 e. The number of rotatable bonds is 5. The van der Waals surface area contributed by atoms with Gasteiger partial charge in [0.25, 0.3) is 0 Å². The van der Waals surface area contributed by atoms with Crippen LogP contribution in [0.25, 0.3) is 0 Å². The molecule has 176 valence electrons. The van der Waals surface area contributed by atoms with Crippen LogP contribution in [0.15, 0.2) is 23.3 Å². The van der Waals surface area contributed by atoms with Crippen molar-refractivity contribution >= 4 is 0 Å². The van der Waals surface area contributed by atoms with E-state index >= 15 is 0 Å². The molecule has 1 unspecified atom stereocenters. The molecule has 0 aromatic rings. The second-order valence-electron chi connectivity index (χ2n) is 13.2. The van der Waals surface area contributed by atoms with Gasteiger partial charge in [-0.2, -0.15) is 0 Å². The van der Waals surface area contributed by atoms with E-state index in [2.05, 4.69) is 55.0 Å². The lowest BCUT2D eigenvalue weighted by atomic mass is 9.45. The highest BCUT2D eigenvalue weighted by Gasteiger charge is 2.62. The molecule has 0 heterocycles. The second-order valence-corrected chi connectivity index (χ2v) is 13.2. The summed E-state index contributed by atoms with van der Waals surface area (Å²) in [4.78, 5) is 0. The Morgan fingerprint density at radius 1 is 1.00 bits per heavy atom. The summed E-state index contributed by atoms with van der Waals surface area (Å²) in [5.74, 6) is 3.40. The Balaban J connectivity index is 1.60. The Morgan fingerprint density at radius 3 is 2.39 bits per heavy atom. The lowest BCUT2D eigenvalue weighted by Crippen LogP contribution is -2.51. The molecule has 0 amide bonds. The fourth-order valence-electron chi connectivity index (χ4n) is 9.16. The summed E-state index contributed by atoms with van der Waals surface area (Å²) in [5, 5.41) is 10.6. The molecular formula is C30H50O. The normalized spacial score (nSPS) is 45.8. The average molecular weight is 427 g/mol. The van der Waals surface area contributed by atoms with Gasteiger partial charge < -0.3 is 5.11 Å². The molecule has 0 radical (unpaired) electrons. The molecule has 1 nitrogen and oxygen atoms in total. The quantitative estimate of drug-likeness (QED) is 0.438. The highest BCUT2D eigenvalue weighted by atomic mass is 16.3. The molecule has 4 rings (SSSR count). The van der Waals surface area contributed by atoms with Crippen molar-refractivity contribution in [2.24, 2.45) is 45.8 Å². The van der Waals surface area contributed by atoms with E-state index in [1.165, 1.54) is 63.4 Å². The molecule has 0 spiro atoms. The molecule has 1 heteroatoms. The SMILES string of the molecule is C=C(CC[C@@H](C)[C@H]1CC[C@@]2(C)C3=C(CC[C@]12C)[C@@]1(C)CC[C@H](O)[C@@H](C)C1CC3)C(C)C. The van der Waals surface area contributed by atoms with Crippen LogP contribution in [0.3, 0.4) is 0 Å². The Kier molecular flexibility index (Phi) is 6.11. The molecule has 31 heavy (non-hydrogen) atoms. The van der Waals surface area contributed by atoms with Gasteiger partial charge >= 0.3 is 0 Å². The summed E-state index contributed by atoms with van der Waals surface area (Å²) in [6, 6.07) is 0. The van der Waals surface area contributed by atoms with Crippen molar-refractivity contribution < 1.29 is 5.11 Å². The molecular weight excluding hydrogens is 376 g/mol. The van der Waals surface area contributed by atoms with Crippen LogP contribution in [0.4, 0.5) is 0 Å². The van der Waals surface area contributed by atoms with Crippen molar-refractivity contribution in [2.75, 3.05) is 0 Å². The predicted molar refractivity (Wildman–Crippen MR) is 133 cm³/mol. The molecule has 8 atom stereocenters. The zero-order chi connectivity index (χ0) is 22.8. The largest absolute Gasteiger partial charge is 0.393 e. The Morgan fingerprint density at radius 2 is 1.71 bits per heavy atom. The van der Waals surface area contributed by atoms with Gasteiger partial charge in [-0.1, -0.05) is 71.8 Å². The summed E-state index contributed by atoms with van der Waals surface area (Å²) in [7, 11) is 0. The molecule has 0 aliphatic heterocycles. The van der Waals surface area contributed by atoms with Crippen LogP contribution in [0.2, 0.25) is 0 Å². The van der Waals surface area contributed by atoms with Crippen molar-refractivity contribution in [3.05, 3.63) is 23.3 Å². The van der Waals surface area contributed by atoms with Gasteiger partial charge in [0, 0.05) is 0 Å². The highest BCUT2D eigenvalue weighted by Crippen LogP contribution is 2.71. The van der Waals surface area contributed by atoms with E-state index in [0.717, 1.165) is 18.3 Å². The van der Waals surface area contributed by atoms with Crippen LogP contribution in [0.1, 0.15) is 113 Å². The number of hydrogen-bond donors (Lipinski definition) is 1. The Labute approximate surface area is 193 Å². The van der Waals surface area contributed by atoms with Crippen molar-refractivity contribution in [3.63, 3.8) is 0 Å². The summed E-state index contributed by atoms with van der Waals surface area (Å²) >= 11 is 0. The zero-order valence-corrected chi connectivity index (χ0v) is 21.7. The van der Waals surface area contributed by atoms with Crippen LogP contribution < -0.4 is 0 Å². The first-order chi connectivity index (χ1) is 14.5. The summed E-state index contributed by atoms with van der Waals surface area (Å²) in [6.45, 7) is 21.7. The van der Waals surface area contributed by atoms with Gasteiger partial charge in [0.15, 0.2) is 0 Å². The predicted octanol–water partition coefficient (Wildman–Crippen LogP) is 8.34. The summed E-state index contributed by atoms with van der Waals surface area (Å²) < 4.78 is 0. The molecule has 0 aromatic heterocycles. The van der Waals surface area contributed by atoms with E-state index < -0.39 is 0 Å². The van der Waals surface area contributed by atoms with Gasteiger partial charge in [-0.3, -0.25) is 0 Å². The Bertz CT molecular complexity index is 746. The lowest BCUT2D eigenvalue weighted by Gasteiger charge is -2.60. The van der Waals surface area contributed by atoms with Gasteiger partial charge in [0.05, 0.1) is 6.10 Å². The topological polar surface area (TPSA) is 20.2 Å². The van der Waals surface area contributed by atoms with E-state index in [9.17, 15) is 5.11 Å². The van der Waals surface area contributed by atoms with Crippen LogP contribution in [0, 0.1) is 45.8 Å². The minimum absolute atomic E-state index is 0.0815.